The summed E-state index contributed by atoms with van der Waals surface area (Å²) in [7, 11) is -3.87. The standard InChI is InChI=1S/C19H23FN2O3S/c1-12-10-13(2)18(14(3)11-12)21-19(23)15(4)22(26(5,24)25)17-9-7-6-8-16(17)20/h6-11,15H,1-5H3,(H,21,23)/t15-/m1/s1. The maximum atomic E-state index is 14.2. The van der Waals surface area contributed by atoms with E-state index in [2.05, 4.69) is 5.32 Å². The second kappa shape index (κ2) is 7.45. The molecule has 0 heterocycles. The summed E-state index contributed by atoms with van der Waals surface area (Å²) in [4.78, 5) is 12.7. The minimum Gasteiger partial charge on any atom is -0.324 e. The smallest absolute Gasteiger partial charge is 0.248 e. The van der Waals surface area contributed by atoms with Gasteiger partial charge in [-0.1, -0.05) is 29.8 Å². The predicted octanol–water partition coefficient (Wildman–Crippen LogP) is 3.54. The van der Waals surface area contributed by atoms with Crippen molar-refractivity contribution in [2.24, 2.45) is 0 Å². The van der Waals surface area contributed by atoms with Gasteiger partial charge in [-0.3, -0.25) is 9.10 Å². The third-order valence-corrected chi connectivity index (χ3v) is 5.33. The highest BCUT2D eigenvalue weighted by Crippen LogP contribution is 2.26. The SMILES string of the molecule is Cc1cc(C)c(NC(=O)[C@@H](C)N(c2ccccc2F)S(C)(=O)=O)c(C)c1. The van der Waals surface area contributed by atoms with Crippen LogP contribution in [-0.2, 0) is 14.8 Å². The Balaban J connectivity index is 2.40. The van der Waals surface area contributed by atoms with E-state index < -0.39 is 27.8 Å². The molecule has 140 valence electrons. The fraction of sp³-hybridized carbons (Fsp3) is 0.316. The molecule has 2 rings (SSSR count). The lowest BCUT2D eigenvalue weighted by atomic mass is 10.0. The summed E-state index contributed by atoms with van der Waals surface area (Å²) < 4.78 is 39.4. The van der Waals surface area contributed by atoms with Crippen LogP contribution in [0.1, 0.15) is 23.6 Å². The number of hydrogen-bond donors (Lipinski definition) is 1. The first kappa shape index (κ1) is 19.9. The monoisotopic (exact) mass is 378 g/mol. The number of benzene rings is 2. The zero-order valence-electron chi connectivity index (χ0n) is 15.5. The molecule has 1 amide bonds. The minimum absolute atomic E-state index is 0.157. The second-order valence-corrected chi connectivity index (χ2v) is 8.31. The second-order valence-electron chi connectivity index (χ2n) is 6.45. The van der Waals surface area contributed by atoms with Crippen molar-refractivity contribution < 1.29 is 17.6 Å². The molecule has 5 nitrogen and oxygen atoms in total. The molecule has 0 spiro atoms. The lowest BCUT2D eigenvalue weighted by molar-refractivity contribution is -0.116. The van der Waals surface area contributed by atoms with E-state index in [9.17, 15) is 17.6 Å². The van der Waals surface area contributed by atoms with Crippen LogP contribution in [0.2, 0.25) is 0 Å². The van der Waals surface area contributed by atoms with E-state index in [0.29, 0.717) is 5.69 Å². The molecule has 7 heteroatoms. The number of rotatable bonds is 5. The highest BCUT2D eigenvalue weighted by molar-refractivity contribution is 7.92. The quantitative estimate of drug-likeness (QED) is 0.865. The molecule has 0 fully saturated rings. The molecular formula is C19H23FN2O3S. The first-order valence-corrected chi connectivity index (χ1v) is 10.00. The van der Waals surface area contributed by atoms with E-state index in [-0.39, 0.29) is 5.69 Å². The fourth-order valence-electron chi connectivity index (χ4n) is 3.02. The number of aryl methyl sites for hydroxylation is 3. The van der Waals surface area contributed by atoms with Gasteiger partial charge in [0, 0.05) is 5.69 Å². The number of amides is 1. The number of halogens is 1. The van der Waals surface area contributed by atoms with Crippen LogP contribution in [-0.4, -0.2) is 26.6 Å². The van der Waals surface area contributed by atoms with Crippen molar-refractivity contribution in [1.82, 2.24) is 0 Å². The van der Waals surface area contributed by atoms with Crippen molar-refractivity contribution >= 4 is 27.3 Å². The van der Waals surface area contributed by atoms with Crippen molar-refractivity contribution in [3.8, 4) is 0 Å². The van der Waals surface area contributed by atoms with E-state index in [1.54, 1.807) is 0 Å². The average molecular weight is 378 g/mol. The molecule has 0 saturated carbocycles. The Morgan fingerprint density at radius 2 is 1.65 bits per heavy atom. The number of anilines is 2. The van der Waals surface area contributed by atoms with Gasteiger partial charge in [0.2, 0.25) is 15.9 Å². The zero-order valence-corrected chi connectivity index (χ0v) is 16.3. The molecule has 1 atom stereocenters. The van der Waals surface area contributed by atoms with Crippen LogP contribution in [0.25, 0.3) is 0 Å². The Bertz CT molecular complexity index is 919. The molecule has 0 aliphatic rings. The first-order valence-electron chi connectivity index (χ1n) is 8.15. The van der Waals surface area contributed by atoms with Crippen LogP contribution in [0.15, 0.2) is 36.4 Å². The van der Waals surface area contributed by atoms with Gasteiger partial charge in [-0.25, -0.2) is 12.8 Å². The molecule has 0 unspecified atom stereocenters. The van der Waals surface area contributed by atoms with Crippen LogP contribution in [0, 0.1) is 26.6 Å². The number of nitrogens with zero attached hydrogens (tertiary/aromatic N) is 1. The molecule has 0 aliphatic carbocycles. The number of carbonyl (C=O) groups excluding carboxylic acids is 1. The van der Waals surface area contributed by atoms with Gasteiger partial charge < -0.3 is 5.32 Å². The number of hydrogen-bond acceptors (Lipinski definition) is 3. The first-order chi connectivity index (χ1) is 12.0. The molecule has 2 aromatic carbocycles. The summed E-state index contributed by atoms with van der Waals surface area (Å²) in [6.45, 7) is 7.12. The summed E-state index contributed by atoms with van der Waals surface area (Å²) in [5.74, 6) is -1.24. The molecule has 1 N–H and O–H groups in total. The number of nitrogens with one attached hydrogen (secondary N) is 1. The highest BCUT2D eigenvalue weighted by atomic mass is 32.2. The summed E-state index contributed by atoms with van der Waals surface area (Å²) >= 11 is 0. The Morgan fingerprint density at radius 1 is 1.12 bits per heavy atom. The van der Waals surface area contributed by atoms with E-state index in [1.807, 2.05) is 32.9 Å². The van der Waals surface area contributed by atoms with Crippen molar-refractivity contribution in [3.63, 3.8) is 0 Å². The Labute approximate surface area is 153 Å². The molecule has 2 aromatic rings. The van der Waals surface area contributed by atoms with Gasteiger partial charge in [0.05, 0.1) is 11.9 Å². The van der Waals surface area contributed by atoms with Crippen molar-refractivity contribution in [3.05, 3.63) is 58.9 Å². The van der Waals surface area contributed by atoms with E-state index in [4.69, 9.17) is 0 Å². The highest BCUT2D eigenvalue weighted by Gasteiger charge is 2.31. The molecule has 0 radical (unpaired) electrons. The molecule has 26 heavy (non-hydrogen) atoms. The summed E-state index contributed by atoms with van der Waals surface area (Å²) in [5, 5.41) is 2.78. The summed E-state index contributed by atoms with van der Waals surface area (Å²) in [6.07, 6.45) is 0.950. The van der Waals surface area contributed by atoms with Crippen LogP contribution >= 0.6 is 0 Å². The maximum Gasteiger partial charge on any atom is 0.248 e. The fourth-order valence-corrected chi connectivity index (χ4v) is 4.19. The Morgan fingerprint density at radius 3 is 2.15 bits per heavy atom. The number of para-hydroxylation sites is 1. The van der Waals surface area contributed by atoms with Crippen LogP contribution < -0.4 is 9.62 Å². The van der Waals surface area contributed by atoms with E-state index in [0.717, 1.165) is 33.3 Å². The molecule has 0 aromatic heterocycles. The minimum atomic E-state index is -3.87. The molecule has 0 saturated heterocycles. The average Bonchev–Trinajstić information content (AvgIpc) is 2.51. The third kappa shape index (κ3) is 4.22. The van der Waals surface area contributed by atoms with E-state index in [1.165, 1.54) is 25.1 Å². The number of sulfonamides is 1. The molecule has 0 aliphatic heterocycles. The van der Waals surface area contributed by atoms with Gasteiger partial charge in [-0.15, -0.1) is 0 Å². The Hall–Kier alpha value is -2.41. The van der Waals surface area contributed by atoms with Gasteiger partial charge in [0.15, 0.2) is 0 Å². The predicted molar refractivity (Wildman–Crippen MR) is 102 cm³/mol. The number of carbonyl (C=O) groups is 1. The van der Waals surface area contributed by atoms with Gasteiger partial charge >= 0.3 is 0 Å². The van der Waals surface area contributed by atoms with Crippen LogP contribution in [0.4, 0.5) is 15.8 Å². The van der Waals surface area contributed by atoms with Gasteiger partial charge in [-0.05, 0) is 51.0 Å². The molecular weight excluding hydrogens is 355 g/mol. The molecule has 0 bridgehead atoms. The third-order valence-electron chi connectivity index (χ3n) is 4.10. The Kier molecular flexibility index (Phi) is 5.71. The normalized spacial score (nSPS) is 12.5. The van der Waals surface area contributed by atoms with E-state index >= 15 is 0 Å². The van der Waals surface area contributed by atoms with Gasteiger partial charge in [0.25, 0.3) is 0 Å². The van der Waals surface area contributed by atoms with Crippen molar-refractivity contribution in [1.29, 1.82) is 0 Å². The van der Waals surface area contributed by atoms with Crippen molar-refractivity contribution in [2.75, 3.05) is 15.9 Å². The van der Waals surface area contributed by atoms with Crippen LogP contribution in [0.3, 0.4) is 0 Å². The largest absolute Gasteiger partial charge is 0.324 e. The summed E-state index contributed by atoms with van der Waals surface area (Å²) in [5.41, 5.74) is 3.29. The summed E-state index contributed by atoms with van der Waals surface area (Å²) in [6, 6.07) is 8.21. The van der Waals surface area contributed by atoms with Gasteiger partial charge in [0.1, 0.15) is 11.9 Å². The van der Waals surface area contributed by atoms with Crippen molar-refractivity contribution in [2.45, 2.75) is 33.7 Å². The van der Waals surface area contributed by atoms with Gasteiger partial charge in [-0.2, -0.15) is 0 Å². The zero-order chi connectivity index (χ0) is 19.6. The maximum absolute atomic E-state index is 14.2. The lowest BCUT2D eigenvalue weighted by Gasteiger charge is -2.29. The van der Waals surface area contributed by atoms with Crippen LogP contribution in [0.5, 0.6) is 0 Å². The lowest BCUT2D eigenvalue weighted by Crippen LogP contribution is -2.45. The topological polar surface area (TPSA) is 66.5 Å².